The van der Waals surface area contributed by atoms with E-state index in [9.17, 15) is 24.6 Å². The maximum atomic E-state index is 9.88. The van der Waals surface area contributed by atoms with E-state index in [-0.39, 0.29) is 80.9 Å². The Bertz CT molecular complexity index is 191. The van der Waals surface area contributed by atoms with Gasteiger partial charge in [0.1, 0.15) is 0 Å². The van der Waals surface area contributed by atoms with Gasteiger partial charge in [0, 0.05) is 5.92 Å². The number of carbonyl (C=O) groups excluding carboxylic acids is 2. The number of carbonyl (C=O) groups is 3. The molecule has 0 aromatic heterocycles. The quantitative estimate of drug-likeness (QED) is 0.373. The molecule has 0 atom stereocenters. The van der Waals surface area contributed by atoms with E-state index >= 15 is 0 Å². The molecule has 0 radical (unpaired) electrons. The summed E-state index contributed by atoms with van der Waals surface area (Å²) < 4.78 is 0. The Balaban J connectivity index is -0.000000500. The first kappa shape index (κ1) is 19.6. The van der Waals surface area contributed by atoms with Gasteiger partial charge in [-0.05, 0) is 0 Å². The van der Waals surface area contributed by atoms with Crippen molar-refractivity contribution in [2.24, 2.45) is 5.92 Å². The van der Waals surface area contributed by atoms with Crippen molar-refractivity contribution >= 4 is 17.9 Å². The second kappa shape index (κ2) is 9.60. The van der Waals surface area contributed by atoms with Crippen LogP contribution in [-0.2, 0) is 14.4 Å². The smallest absolute Gasteiger partial charge is 0.549 e. The monoisotopic (exact) mass is 222 g/mol. The zero-order valence-electron chi connectivity index (χ0n) is 7.27. The fourth-order valence-corrected chi connectivity index (χ4v) is 0.438. The molecule has 0 rings (SSSR count). The van der Waals surface area contributed by atoms with Gasteiger partial charge in [0.2, 0.25) is 0 Å². The Hall–Kier alpha value is 1.05. The maximum absolute atomic E-state index is 9.88. The molecule has 0 heterocycles. The van der Waals surface area contributed by atoms with Crippen LogP contribution in [0, 0.1) is 5.92 Å². The number of hydrogen-bond donors (Lipinski definition) is 1. The van der Waals surface area contributed by atoms with Crippen LogP contribution in [-0.4, -0.2) is 23.0 Å². The third-order valence-corrected chi connectivity index (χ3v) is 0.948. The van der Waals surface area contributed by atoms with Crippen LogP contribution in [0.25, 0.3) is 0 Å². The van der Waals surface area contributed by atoms with Crippen molar-refractivity contribution < 1.29 is 111 Å². The Morgan fingerprint density at radius 2 is 1.46 bits per heavy atom. The molecule has 0 aromatic rings. The first-order valence-corrected chi connectivity index (χ1v) is 2.58. The normalized spacial score (nSPS) is 8.08. The van der Waals surface area contributed by atoms with Gasteiger partial charge in [0.25, 0.3) is 0 Å². The summed E-state index contributed by atoms with van der Waals surface area (Å²) in [5.41, 5.74) is 0. The van der Waals surface area contributed by atoms with Crippen LogP contribution in [0.5, 0.6) is 0 Å². The van der Waals surface area contributed by atoms with Crippen LogP contribution >= 0.6 is 0 Å². The van der Waals surface area contributed by atoms with Crippen LogP contribution in [0.2, 0.25) is 0 Å². The Morgan fingerprint density at radius 3 is 1.54 bits per heavy atom. The third-order valence-electron chi connectivity index (χ3n) is 0.948. The molecule has 0 aliphatic carbocycles. The van der Waals surface area contributed by atoms with Crippen molar-refractivity contribution in [1.82, 2.24) is 0 Å². The van der Waals surface area contributed by atoms with Gasteiger partial charge in [0.15, 0.2) is 0 Å². The van der Waals surface area contributed by atoms with E-state index in [1.165, 1.54) is 0 Å². The molecule has 0 amide bonds. The van der Waals surface area contributed by atoms with E-state index in [1.807, 2.05) is 0 Å². The number of rotatable bonds is 4. The van der Waals surface area contributed by atoms with Crippen LogP contribution in [0.3, 0.4) is 0 Å². The Labute approximate surface area is 138 Å². The summed E-state index contributed by atoms with van der Waals surface area (Å²) in [6.45, 7) is 0. The van der Waals surface area contributed by atoms with Gasteiger partial charge < -0.3 is 24.9 Å². The number of aliphatic carboxylic acids is 3. The summed E-state index contributed by atoms with van der Waals surface area (Å²) in [4.78, 5) is 29.6. The minimum atomic E-state index is -2.08. The second-order valence-electron chi connectivity index (χ2n) is 1.79. The summed E-state index contributed by atoms with van der Waals surface area (Å²) in [6, 6.07) is 0. The van der Waals surface area contributed by atoms with E-state index < -0.39 is 30.2 Å². The van der Waals surface area contributed by atoms with Crippen LogP contribution in [0.1, 0.15) is 6.42 Å². The van der Waals surface area contributed by atoms with Gasteiger partial charge in [-0.3, -0.25) is 4.79 Å². The Kier molecular flexibility index (Phi) is 14.5. The summed E-state index contributed by atoms with van der Waals surface area (Å²) in [7, 11) is 0. The van der Waals surface area contributed by atoms with E-state index in [4.69, 9.17) is 5.11 Å². The van der Waals surface area contributed by atoms with Crippen molar-refractivity contribution in [2.75, 3.05) is 0 Å². The largest absolute Gasteiger partial charge is 1.00 e. The second-order valence-corrected chi connectivity index (χ2v) is 1.79. The van der Waals surface area contributed by atoms with Crippen molar-refractivity contribution in [3.05, 3.63) is 0 Å². The van der Waals surface area contributed by atoms with Crippen molar-refractivity contribution in [3.63, 3.8) is 0 Å². The van der Waals surface area contributed by atoms with Crippen molar-refractivity contribution in [2.45, 2.75) is 6.42 Å². The molecular formula is C5H4KNaO6. The van der Waals surface area contributed by atoms with Gasteiger partial charge in [-0.15, -0.1) is 0 Å². The van der Waals surface area contributed by atoms with E-state index in [1.54, 1.807) is 0 Å². The number of carboxylic acid groups (broad SMARTS) is 3. The molecule has 0 aliphatic rings. The topological polar surface area (TPSA) is 118 Å². The fraction of sp³-hybridized carbons (Fsp3) is 0.400. The zero-order valence-corrected chi connectivity index (χ0v) is 12.4. The molecule has 0 unspecified atom stereocenters. The van der Waals surface area contributed by atoms with Crippen molar-refractivity contribution in [3.8, 4) is 0 Å². The van der Waals surface area contributed by atoms with Gasteiger partial charge in [-0.25, -0.2) is 0 Å². The van der Waals surface area contributed by atoms with Crippen LogP contribution in [0.4, 0.5) is 0 Å². The first-order valence-electron chi connectivity index (χ1n) is 2.58. The SMILES string of the molecule is O=C(O)CC(C(=O)[O-])C(=O)[O-].[K+].[Na+]. The molecule has 8 heteroatoms. The molecule has 6 nitrogen and oxygen atoms in total. The summed E-state index contributed by atoms with van der Waals surface area (Å²) >= 11 is 0. The fourth-order valence-electron chi connectivity index (χ4n) is 0.438. The molecule has 62 valence electrons. The van der Waals surface area contributed by atoms with Crippen LogP contribution in [0.15, 0.2) is 0 Å². The first-order chi connectivity index (χ1) is 4.95. The third kappa shape index (κ3) is 9.35. The molecule has 0 spiro atoms. The molecule has 0 saturated heterocycles. The predicted molar refractivity (Wildman–Crippen MR) is 25.8 cm³/mol. The molecule has 13 heavy (non-hydrogen) atoms. The molecule has 1 N–H and O–H groups in total. The van der Waals surface area contributed by atoms with E-state index in [0.717, 1.165) is 0 Å². The predicted octanol–water partition coefficient (Wildman–Crippen LogP) is -9.41. The maximum Gasteiger partial charge on any atom is 1.00 e. The average Bonchev–Trinajstić information content (AvgIpc) is 1.81. The minimum absolute atomic E-state index is 0. The summed E-state index contributed by atoms with van der Waals surface area (Å²) in [5.74, 6) is -7.50. The minimum Gasteiger partial charge on any atom is -0.549 e. The van der Waals surface area contributed by atoms with Crippen molar-refractivity contribution in [1.29, 1.82) is 0 Å². The number of carboxylic acids is 3. The molecular weight excluding hydrogens is 218 g/mol. The molecule has 0 aliphatic heterocycles. The molecule has 0 saturated carbocycles. The standard InChI is InChI=1S/C5H6O6.K.Na/c6-3(7)1-2(4(8)9)5(10)11;;/h2H,1H2,(H,6,7)(H,8,9)(H,10,11);;/q;2*+1/p-2. The zero-order chi connectivity index (χ0) is 9.02. The molecule has 0 aromatic carbocycles. The van der Waals surface area contributed by atoms with Crippen LogP contribution < -0.4 is 91.2 Å². The van der Waals surface area contributed by atoms with E-state index in [0.29, 0.717) is 0 Å². The number of hydrogen-bond acceptors (Lipinski definition) is 5. The Morgan fingerprint density at radius 1 is 1.15 bits per heavy atom. The van der Waals surface area contributed by atoms with Gasteiger partial charge in [-0.2, -0.15) is 0 Å². The van der Waals surface area contributed by atoms with Gasteiger partial charge in [0.05, 0.1) is 18.4 Å². The summed E-state index contributed by atoms with van der Waals surface area (Å²) in [6.07, 6.45) is -1.02. The van der Waals surface area contributed by atoms with E-state index in [2.05, 4.69) is 0 Å². The average molecular weight is 222 g/mol. The van der Waals surface area contributed by atoms with Gasteiger partial charge >= 0.3 is 86.9 Å². The van der Waals surface area contributed by atoms with Gasteiger partial charge in [-0.1, -0.05) is 0 Å². The summed E-state index contributed by atoms with van der Waals surface area (Å²) in [5, 5.41) is 27.8. The molecule has 0 bridgehead atoms. The molecule has 0 fully saturated rings.